The van der Waals surface area contributed by atoms with E-state index in [2.05, 4.69) is 15.1 Å². The van der Waals surface area contributed by atoms with Gasteiger partial charge in [0.2, 0.25) is 10.0 Å². The average molecular weight is 564 g/mol. The lowest BCUT2D eigenvalue weighted by Crippen LogP contribution is -2.56. The number of piperazine rings is 2. The summed E-state index contributed by atoms with van der Waals surface area (Å²) in [6, 6.07) is 11.3. The Morgan fingerprint density at radius 2 is 1.82 bits per heavy atom. The van der Waals surface area contributed by atoms with E-state index in [0.29, 0.717) is 30.3 Å². The van der Waals surface area contributed by atoms with Crippen molar-refractivity contribution in [1.29, 1.82) is 0 Å². The Morgan fingerprint density at radius 1 is 1.05 bits per heavy atom. The number of anilines is 2. The fourth-order valence-electron chi connectivity index (χ4n) is 5.95. The van der Waals surface area contributed by atoms with Gasteiger partial charge in [0.25, 0.3) is 0 Å². The summed E-state index contributed by atoms with van der Waals surface area (Å²) in [6.45, 7) is 7.04. The van der Waals surface area contributed by atoms with Crippen LogP contribution in [0.25, 0.3) is 0 Å². The first-order valence-corrected chi connectivity index (χ1v) is 15.1. The van der Waals surface area contributed by atoms with Crippen LogP contribution in [0.15, 0.2) is 47.4 Å². The number of aldehydes is 1. The zero-order valence-corrected chi connectivity index (χ0v) is 23.2. The Labute approximate surface area is 229 Å². The molecule has 0 saturated carbocycles. The van der Waals surface area contributed by atoms with E-state index in [1.165, 1.54) is 12.1 Å². The molecule has 0 radical (unpaired) electrons. The van der Waals surface area contributed by atoms with Crippen molar-refractivity contribution in [2.75, 3.05) is 62.2 Å². The maximum Gasteiger partial charge on any atom is 0.243 e. The van der Waals surface area contributed by atoms with Crippen molar-refractivity contribution in [2.45, 2.75) is 42.8 Å². The van der Waals surface area contributed by atoms with E-state index >= 15 is 0 Å². The smallest absolute Gasteiger partial charge is 0.243 e. The van der Waals surface area contributed by atoms with E-state index in [1.54, 1.807) is 28.6 Å². The summed E-state index contributed by atoms with van der Waals surface area (Å²) < 4.78 is 42.4. The number of sulfonamides is 1. The van der Waals surface area contributed by atoms with Crippen LogP contribution in [0.2, 0.25) is 5.02 Å². The molecule has 0 bridgehead atoms. The zero-order valence-electron chi connectivity index (χ0n) is 21.6. The zero-order chi connectivity index (χ0) is 26.9. The summed E-state index contributed by atoms with van der Waals surface area (Å²) in [5, 5.41) is 3.76. The van der Waals surface area contributed by atoms with Crippen LogP contribution >= 0.6 is 11.6 Å². The third kappa shape index (κ3) is 5.56. The molecule has 38 heavy (non-hydrogen) atoms. The average Bonchev–Trinajstić information content (AvgIpc) is 3.44. The van der Waals surface area contributed by atoms with Gasteiger partial charge in [-0.1, -0.05) is 17.7 Å². The van der Waals surface area contributed by atoms with Gasteiger partial charge in [0.1, 0.15) is 12.1 Å². The minimum atomic E-state index is -3.71. The second-order valence-corrected chi connectivity index (χ2v) is 12.7. The molecule has 3 heterocycles. The van der Waals surface area contributed by atoms with Gasteiger partial charge in [0, 0.05) is 63.6 Å². The molecule has 2 aromatic rings. The van der Waals surface area contributed by atoms with Crippen molar-refractivity contribution in [3.05, 3.63) is 53.3 Å². The molecule has 2 aromatic carbocycles. The molecular formula is C27H35ClFN5O3S. The summed E-state index contributed by atoms with van der Waals surface area (Å²) in [6.07, 6.45) is 3.19. The summed E-state index contributed by atoms with van der Waals surface area (Å²) in [4.78, 5) is 18.5. The van der Waals surface area contributed by atoms with Crippen LogP contribution < -0.4 is 15.1 Å². The molecule has 0 aliphatic carbocycles. The Balaban J connectivity index is 1.25. The summed E-state index contributed by atoms with van der Waals surface area (Å²) in [5.74, 6) is -0.399. The highest BCUT2D eigenvalue weighted by atomic mass is 35.5. The molecule has 206 valence electrons. The minimum absolute atomic E-state index is 0.115. The monoisotopic (exact) mass is 563 g/mol. The molecule has 0 aromatic heterocycles. The van der Waals surface area contributed by atoms with E-state index in [-0.39, 0.29) is 23.0 Å². The fourth-order valence-corrected chi connectivity index (χ4v) is 7.89. The summed E-state index contributed by atoms with van der Waals surface area (Å²) >= 11 is 6.25. The third-order valence-electron chi connectivity index (χ3n) is 7.99. The Hall–Kier alpha value is -2.24. The third-order valence-corrected chi connectivity index (χ3v) is 10.3. The predicted molar refractivity (Wildman–Crippen MR) is 148 cm³/mol. The molecule has 3 atom stereocenters. The molecule has 0 spiro atoms. The Kier molecular flexibility index (Phi) is 8.25. The number of benzene rings is 2. The first kappa shape index (κ1) is 27.3. The quantitative estimate of drug-likeness (QED) is 0.519. The first-order chi connectivity index (χ1) is 18.3. The first-order valence-electron chi connectivity index (χ1n) is 13.3. The number of carbonyl (C=O) groups is 1. The van der Waals surface area contributed by atoms with Crippen molar-refractivity contribution in [1.82, 2.24) is 14.5 Å². The highest BCUT2D eigenvalue weighted by Crippen LogP contribution is 2.31. The van der Waals surface area contributed by atoms with Crippen LogP contribution in [0.4, 0.5) is 15.8 Å². The molecule has 3 saturated heterocycles. The summed E-state index contributed by atoms with van der Waals surface area (Å²) in [5.41, 5.74) is 1.58. The molecule has 5 rings (SSSR count). The fraction of sp³-hybridized carbons (Fsp3) is 0.519. The van der Waals surface area contributed by atoms with Crippen molar-refractivity contribution in [2.24, 2.45) is 0 Å². The highest BCUT2D eigenvalue weighted by molar-refractivity contribution is 7.89. The normalized spacial score (nSPS) is 24.5. The minimum Gasteiger partial charge on any atom is -0.369 e. The van der Waals surface area contributed by atoms with Gasteiger partial charge in [0.15, 0.2) is 0 Å². The number of nitrogens with zero attached hydrogens (tertiary/aromatic N) is 4. The number of halogens is 2. The topological polar surface area (TPSA) is 76.2 Å². The lowest BCUT2D eigenvalue weighted by atomic mass is 10.1. The Morgan fingerprint density at radius 3 is 2.47 bits per heavy atom. The number of nitrogens with one attached hydrogen (secondary N) is 1. The number of carbonyl (C=O) groups excluding carboxylic acids is 1. The maximum atomic E-state index is 13.7. The van der Waals surface area contributed by atoms with Gasteiger partial charge in [-0.25, -0.2) is 12.8 Å². The van der Waals surface area contributed by atoms with Crippen molar-refractivity contribution in [3.63, 3.8) is 0 Å². The van der Waals surface area contributed by atoms with Crippen LogP contribution in [0.5, 0.6) is 0 Å². The van der Waals surface area contributed by atoms with Gasteiger partial charge in [-0.3, -0.25) is 4.90 Å². The van der Waals surface area contributed by atoms with Gasteiger partial charge >= 0.3 is 0 Å². The van der Waals surface area contributed by atoms with Gasteiger partial charge in [-0.05, 0) is 62.7 Å². The molecule has 8 nitrogen and oxygen atoms in total. The maximum absolute atomic E-state index is 13.7. The molecule has 3 aliphatic rings. The molecular weight excluding hydrogens is 529 g/mol. The van der Waals surface area contributed by atoms with E-state index in [0.717, 1.165) is 57.5 Å². The molecule has 3 aliphatic heterocycles. The van der Waals surface area contributed by atoms with E-state index < -0.39 is 15.8 Å². The van der Waals surface area contributed by atoms with Gasteiger partial charge < -0.3 is 19.9 Å². The van der Waals surface area contributed by atoms with E-state index in [9.17, 15) is 17.6 Å². The number of rotatable bonds is 7. The molecule has 2 unspecified atom stereocenters. The SMILES string of the molecule is C[C@@H]1CN(c2ccc(F)cc2Cl)CCN1S(=O)(=O)c1cccc(N2CCN(C(C=O)C3CCCN3)CC2)c1. The largest absolute Gasteiger partial charge is 0.369 e. The lowest BCUT2D eigenvalue weighted by molar-refractivity contribution is -0.113. The number of hydrogen-bond acceptors (Lipinski definition) is 7. The highest BCUT2D eigenvalue weighted by Gasteiger charge is 2.35. The van der Waals surface area contributed by atoms with Crippen LogP contribution in [0, 0.1) is 5.82 Å². The standard InChI is InChI=1S/C27H35ClFN5O3S/c1-20-18-33(26-8-7-21(29)16-24(26)28)14-15-34(20)38(36,37)23-5-2-4-22(17-23)31-10-12-32(13-11-31)27(19-35)25-6-3-9-30-25/h2,4-5,7-8,16-17,19-20,25,27,30H,3,6,9-15,18H2,1H3/t20-,25?,27?/m1/s1. The second-order valence-electron chi connectivity index (χ2n) is 10.4. The van der Waals surface area contributed by atoms with Crippen LogP contribution in [0.3, 0.4) is 0 Å². The molecule has 3 fully saturated rings. The second kappa shape index (κ2) is 11.5. The van der Waals surface area contributed by atoms with E-state index in [4.69, 9.17) is 11.6 Å². The van der Waals surface area contributed by atoms with Crippen molar-refractivity contribution >= 4 is 39.3 Å². The van der Waals surface area contributed by atoms with Gasteiger partial charge in [0.05, 0.1) is 21.6 Å². The number of hydrogen-bond donors (Lipinski definition) is 1. The van der Waals surface area contributed by atoms with Crippen molar-refractivity contribution in [3.8, 4) is 0 Å². The molecule has 0 amide bonds. The Bertz CT molecular complexity index is 1250. The summed E-state index contributed by atoms with van der Waals surface area (Å²) in [7, 11) is -3.71. The van der Waals surface area contributed by atoms with Crippen LogP contribution in [-0.2, 0) is 14.8 Å². The van der Waals surface area contributed by atoms with E-state index in [1.807, 2.05) is 17.9 Å². The van der Waals surface area contributed by atoms with Gasteiger partial charge in [-0.2, -0.15) is 4.31 Å². The molecule has 11 heteroatoms. The van der Waals surface area contributed by atoms with Crippen molar-refractivity contribution < 1.29 is 17.6 Å². The lowest BCUT2D eigenvalue weighted by Gasteiger charge is -2.41. The molecule has 1 N–H and O–H groups in total. The van der Waals surface area contributed by atoms with Crippen LogP contribution in [0.1, 0.15) is 19.8 Å². The predicted octanol–water partition coefficient (Wildman–Crippen LogP) is 2.82. The van der Waals surface area contributed by atoms with Crippen LogP contribution in [-0.4, -0.2) is 94.4 Å². The van der Waals surface area contributed by atoms with Gasteiger partial charge in [-0.15, -0.1) is 0 Å².